The summed E-state index contributed by atoms with van der Waals surface area (Å²) in [6.45, 7) is 5.60. The molecule has 0 amide bonds. The van der Waals surface area contributed by atoms with Gasteiger partial charge in [-0.05, 0) is 43.7 Å². The second-order valence-electron chi connectivity index (χ2n) is 5.95. The predicted molar refractivity (Wildman–Crippen MR) is 103 cm³/mol. The molecule has 0 bridgehead atoms. The van der Waals surface area contributed by atoms with E-state index in [0.29, 0.717) is 0 Å². The Morgan fingerprint density at radius 3 is 1.78 bits per heavy atom. The van der Waals surface area contributed by atoms with Crippen molar-refractivity contribution >= 4 is 30.9 Å². The van der Waals surface area contributed by atoms with Crippen LogP contribution in [0.15, 0.2) is 62.6 Å². The van der Waals surface area contributed by atoms with Crippen LogP contribution >= 0.6 is 0 Å². The Hall–Kier alpha value is -2.63. The van der Waals surface area contributed by atoms with Gasteiger partial charge in [-0.1, -0.05) is 24.3 Å². The molecule has 2 aromatic rings. The molecular weight excluding hydrogens is 384 g/mol. The summed E-state index contributed by atoms with van der Waals surface area (Å²) in [5, 5.41) is 9.61. The second-order valence-corrected chi connectivity index (χ2v) is 9.92. The smallest absolute Gasteiger partial charge is 0.220 e. The lowest BCUT2D eigenvalue weighted by molar-refractivity contribution is 0.603. The zero-order valence-corrected chi connectivity index (χ0v) is 16.5. The molecule has 0 radical (unpaired) electrons. The molecule has 0 fully saturated rings. The fraction of sp³-hybridized carbons (Fsp3) is 0.211. The summed E-state index contributed by atoms with van der Waals surface area (Å²) in [7, 11) is -8.58. The quantitative estimate of drug-likeness (QED) is 0.730. The van der Waals surface area contributed by atoms with Crippen LogP contribution in [0.4, 0.5) is 5.69 Å². The number of rotatable bonds is 4. The van der Waals surface area contributed by atoms with Crippen molar-refractivity contribution in [2.24, 2.45) is 0 Å². The van der Waals surface area contributed by atoms with E-state index in [2.05, 4.69) is 4.90 Å². The van der Waals surface area contributed by atoms with Gasteiger partial charge in [-0.15, -0.1) is 0 Å². The highest BCUT2D eigenvalue weighted by atomic mass is 32.3. The average Bonchev–Trinajstić information content (AvgIpc) is 2.82. The van der Waals surface area contributed by atoms with E-state index in [1.807, 2.05) is 13.8 Å². The van der Waals surface area contributed by atoms with Gasteiger partial charge in [0.15, 0.2) is 4.24 Å². The zero-order chi connectivity index (χ0) is 19.8. The molecule has 1 aliphatic heterocycles. The van der Waals surface area contributed by atoms with E-state index in [9.17, 15) is 22.1 Å². The van der Waals surface area contributed by atoms with Crippen molar-refractivity contribution in [1.29, 1.82) is 5.26 Å². The lowest BCUT2D eigenvalue weighted by atomic mass is 10.1. The highest BCUT2D eigenvalue weighted by Gasteiger charge is 2.47. The van der Waals surface area contributed by atoms with E-state index in [1.54, 1.807) is 30.3 Å². The third-order valence-corrected chi connectivity index (χ3v) is 9.22. The average molecular weight is 402 g/mol. The minimum absolute atomic E-state index is 0.253. The standard InChI is InChI=1S/C19H18N2O4S2/c1-3-21(4-2)15-11-9-14(10-12-15)16(13-20)19-26(22,23)17-7-5-6-8-18(17)27(19,24)25/h5-12H,3-4H2,1-2H3. The van der Waals surface area contributed by atoms with Gasteiger partial charge in [-0.3, -0.25) is 0 Å². The van der Waals surface area contributed by atoms with Crippen LogP contribution in [-0.2, 0) is 19.7 Å². The SMILES string of the molecule is CCN(CC)c1ccc(C(C#N)=C2S(=O)(=O)c3ccccc3S2(=O)=O)cc1. The summed E-state index contributed by atoms with van der Waals surface area (Å²) < 4.78 is 50.5. The van der Waals surface area contributed by atoms with Gasteiger partial charge >= 0.3 is 0 Å². The Morgan fingerprint density at radius 2 is 1.37 bits per heavy atom. The first-order valence-corrected chi connectivity index (χ1v) is 11.3. The maximum Gasteiger partial charge on any atom is 0.220 e. The zero-order valence-electron chi connectivity index (χ0n) is 14.9. The topological polar surface area (TPSA) is 95.3 Å². The van der Waals surface area contributed by atoms with Crippen molar-refractivity contribution in [3.8, 4) is 6.07 Å². The van der Waals surface area contributed by atoms with Crippen molar-refractivity contribution in [3.63, 3.8) is 0 Å². The summed E-state index contributed by atoms with van der Waals surface area (Å²) in [6.07, 6.45) is 0. The van der Waals surface area contributed by atoms with Crippen molar-refractivity contribution < 1.29 is 16.8 Å². The molecule has 0 spiro atoms. The van der Waals surface area contributed by atoms with Gasteiger partial charge in [0, 0.05) is 18.8 Å². The number of sulfone groups is 2. The molecule has 3 rings (SSSR count). The van der Waals surface area contributed by atoms with Crippen molar-refractivity contribution in [2.45, 2.75) is 23.6 Å². The first-order chi connectivity index (χ1) is 12.8. The van der Waals surface area contributed by atoms with E-state index < -0.39 is 23.9 Å². The van der Waals surface area contributed by atoms with Crippen molar-refractivity contribution in [2.75, 3.05) is 18.0 Å². The predicted octanol–water partition coefficient (Wildman–Crippen LogP) is 2.99. The van der Waals surface area contributed by atoms with Crippen LogP contribution in [0.2, 0.25) is 0 Å². The summed E-state index contributed by atoms with van der Waals surface area (Å²) in [6, 6.07) is 13.9. The normalized spacial score (nSPS) is 16.4. The summed E-state index contributed by atoms with van der Waals surface area (Å²) >= 11 is 0. The number of fused-ring (bicyclic) bond motifs is 1. The lowest BCUT2D eigenvalue weighted by Gasteiger charge is -2.21. The first-order valence-electron chi connectivity index (χ1n) is 8.38. The van der Waals surface area contributed by atoms with Gasteiger partial charge in [-0.2, -0.15) is 5.26 Å². The van der Waals surface area contributed by atoms with Crippen LogP contribution in [0.25, 0.3) is 5.57 Å². The van der Waals surface area contributed by atoms with Crippen LogP contribution in [0, 0.1) is 11.3 Å². The van der Waals surface area contributed by atoms with E-state index in [4.69, 9.17) is 0 Å². The number of nitriles is 1. The lowest BCUT2D eigenvalue weighted by Crippen LogP contribution is -2.21. The third-order valence-electron chi connectivity index (χ3n) is 4.52. The molecule has 0 aliphatic carbocycles. The molecule has 140 valence electrons. The van der Waals surface area contributed by atoms with Gasteiger partial charge in [-0.25, -0.2) is 16.8 Å². The molecule has 0 saturated carbocycles. The van der Waals surface area contributed by atoms with Gasteiger partial charge in [0.25, 0.3) is 0 Å². The van der Waals surface area contributed by atoms with Crippen molar-refractivity contribution in [1.82, 2.24) is 0 Å². The second kappa shape index (κ2) is 6.83. The Bertz CT molecular complexity index is 1110. The highest BCUT2D eigenvalue weighted by molar-refractivity contribution is 8.17. The number of allylic oxidation sites excluding steroid dienone is 1. The molecule has 0 atom stereocenters. The van der Waals surface area contributed by atoms with Gasteiger partial charge < -0.3 is 4.90 Å². The third kappa shape index (κ3) is 2.93. The molecule has 6 nitrogen and oxygen atoms in total. The minimum Gasteiger partial charge on any atom is -0.372 e. The van der Waals surface area contributed by atoms with Crippen LogP contribution in [0.3, 0.4) is 0 Å². The molecule has 0 saturated heterocycles. The van der Waals surface area contributed by atoms with E-state index >= 15 is 0 Å². The molecule has 1 heterocycles. The van der Waals surface area contributed by atoms with E-state index in [-0.39, 0.29) is 20.9 Å². The van der Waals surface area contributed by atoms with E-state index in [1.165, 1.54) is 24.3 Å². The largest absolute Gasteiger partial charge is 0.372 e. The fourth-order valence-corrected chi connectivity index (χ4v) is 7.96. The maximum absolute atomic E-state index is 12.8. The van der Waals surface area contributed by atoms with E-state index in [0.717, 1.165) is 18.8 Å². The molecule has 2 aromatic carbocycles. The van der Waals surface area contributed by atoms with Crippen molar-refractivity contribution in [3.05, 3.63) is 58.3 Å². The number of benzene rings is 2. The fourth-order valence-electron chi connectivity index (χ4n) is 3.16. The van der Waals surface area contributed by atoms with Gasteiger partial charge in [0.1, 0.15) is 6.07 Å². The first kappa shape index (κ1) is 19.1. The number of anilines is 1. The van der Waals surface area contributed by atoms with Crippen LogP contribution < -0.4 is 4.90 Å². The van der Waals surface area contributed by atoms with Crippen LogP contribution in [0.5, 0.6) is 0 Å². The molecule has 8 heteroatoms. The maximum atomic E-state index is 12.8. The summed E-state index contributed by atoms with van der Waals surface area (Å²) in [5.41, 5.74) is 0.798. The number of nitrogens with zero attached hydrogens (tertiary/aromatic N) is 2. The molecule has 1 aliphatic rings. The monoisotopic (exact) mass is 402 g/mol. The molecule has 0 unspecified atom stereocenters. The number of hydrogen-bond donors (Lipinski definition) is 0. The molecular formula is C19H18N2O4S2. The Kier molecular flexibility index (Phi) is 4.84. The molecule has 0 aromatic heterocycles. The Balaban J connectivity index is 2.24. The van der Waals surface area contributed by atoms with Crippen LogP contribution in [-0.4, -0.2) is 29.9 Å². The summed E-state index contributed by atoms with van der Waals surface area (Å²) in [4.78, 5) is 1.52. The Morgan fingerprint density at radius 1 is 0.889 bits per heavy atom. The molecule has 27 heavy (non-hydrogen) atoms. The Labute approximate surface area is 159 Å². The number of hydrogen-bond acceptors (Lipinski definition) is 6. The molecule has 0 N–H and O–H groups in total. The van der Waals surface area contributed by atoms with Gasteiger partial charge in [0.05, 0.1) is 15.4 Å². The van der Waals surface area contributed by atoms with Crippen LogP contribution in [0.1, 0.15) is 19.4 Å². The highest BCUT2D eigenvalue weighted by Crippen LogP contribution is 2.44. The van der Waals surface area contributed by atoms with Gasteiger partial charge in [0.2, 0.25) is 19.7 Å². The minimum atomic E-state index is -4.29. The summed E-state index contributed by atoms with van der Waals surface area (Å²) in [5.74, 6) is 0.